The van der Waals surface area contributed by atoms with Gasteiger partial charge in [-0.1, -0.05) is 45.7 Å². The quantitative estimate of drug-likeness (QED) is 0.322. The number of methoxy groups -OCH3 is 1. The number of hydrogen-bond donors (Lipinski definition) is 3. The van der Waals surface area contributed by atoms with E-state index in [0.29, 0.717) is 29.4 Å². The Balaban J connectivity index is 1.28. The first-order valence-electron chi connectivity index (χ1n) is 16.8. The van der Waals surface area contributed by atoms with Crippen LogP contribution >= 0.6 is 11.6 Å². The van der Waals surface area contributed by atoms with Gasteiger partial charge in [-0.2, -0.15) is 5.26 Å². The van der Waals surface area contributed by atoms with Crippen molar-refractivity contribution >= 4 is 46.4 Å². The molecule has 1 aliphatic heterocycles. The summed E-state index contributed by atoms with van der Waals surface area (Å²) in [7, 11) is 1.46. The highest BCUT2D eigenvalue weighted by atomic mass is 35.5. The number of halogens is 1. The Bertz CT molecular complexity index is 1730. The minimum atomic E-state index is -1.41. The predicted octanol–water partition coefficient (Wildman–Crippen LogP) is 4.43. The normalized spacial score (nSPS) is 29.0. The van der Waals surface area contributed by atoms with Crippen molar-refractivity contribution in [3.63, 3.8) is 0 Å². The third-order valence-electron chi connectivity index (χ3n) is 10.5. The number of aromatic nitrogens is 1. The SMILES string of the molecule is CC[C@@H]1C[C@]1(NC(=O)[C@@H]1C[C@@H](Oc2cc(C#N)nc3c(Cl)c(OC)ccc23)CN1C(=O)[C@@H](NC(=O)O[C@@H]1C[C@@H]2C[C@@H]2C1)C(C)(C)C)C(=O)O. The number of carboxylic acids is 1. The van der Waals surface area contributed by atoms with Crippen LogP contribution in [-0.4, -0.2) is 82.4 Å². The van der Waals surface area contributed by atoms with E-state index in [1.54, 1.807) is 32.9 Å². The maximum absolute atomic E-state index is 14.4. The van der Waals surface area contributed by atoms with Gasteiger partial charge >= 0.3 is 12.1 Å². The van der Waals surface area contributed by atoms with Crippen LogP contribution in [0, 0.1) is 34.5 Å². The fourth-order valence-electron chi connectivity index (χ4n) is 7.54. The number of benzene rings is 1. The zero-order valence-corrected chi connectivity index (χ0v) is 29.0. The Morgan fingerprint density at radius 1 is 1.14 bits per heavy atom. The van der Waals surface area contributed by atoms with E-state index < -0.39 is 53.0 Å². The van der Waals surface area contributed by atoms with Crippen molar-refractivity contribution in [1.29, 1.82) is 5.26 Å². The molecule has 8 atom stereocenters. The standard InChI is InChI=1S/C35H42ClN5O8/c1-6-19-14-35(19,32(44)45)40-30(42)24-13-22(48-26-12-20(15-37)38-28-23(26)7-8-25(47-5)27(28)36)16-41(24)31(43)29(34(2,3)4)39-33(46)49-21-10-17-9-18(17)11-21/h7-8,12,17-19,21-22,24,29H,6,9-11,13-14,16H2,1-5H3,(H,39,46)(H,40,42)(H,44,45)/t17-,18+,19-,21+,22-,24+,29-,35-/m1/s1. The third-order valence-corrected chi connectivity index (χ3v) is 10.9. The summed E-state index contributed by atoms with van der Waals surface area (Å²) < 4.78 is 17.4. The van der Waals surface area contributed by atoms with E-state index in [1.807, 2.05) is 13.0 Å². The molecule has 1 aromatic carbocycles. The van der Waals surface area contributed by atoms with E-state index in [4.69, 9.17) is 25.8 Å². The van der Waals surface area contributed by atoms with E-state index in [9.17, 15) is 29.5 Å². The minimum absolute atomic E-state index is 0.0197. The number of pyridine rings is 1. The molecule has 0 radical (unpaired) electrons. The molecule has 3 aliphatic carbocycles. The molecule has 0 spiro atoms. The van der Waals surface area contributed by atoms with Crippen LogP contribution in [0.4, 0.5) is 4.79 Å². The second-order valence-corrected chi connectivity index (χ2v) is 15.2. The molecule has 4 fully saturated rings. The Hall–Kier alpha value is -4.31. The number of nitrogens with zero attached hydrogens (tertiary/aromatic N) is 3. The van der Waals surface area contributed by atoms with Crippen molar-refractivity contribution in [1.82, 2.24) is 20.5 Å². The van der Waals surface area contributed by atoms with Gasteiger partial charge < -0.3 is 34.9 Å². The number of carbonyl (C=O) groups is 4. The Labute approximate surface area is 289 Å². The monoisotopic (exact) mass is 695 g/mol. The number of aliphatic carboxylic acids is 1. The summed E-state index contributed by atoms with van der Waals surface area (Å²) in [6.45, 7) is 7.22. The number of carboxylic acid groups (broad SMARTS) is 1. The van der Waals surface area contributed by atoms with Gasteiger partial charge in [0.1, 0.15) is 58.1 Å². The van der Waals surface area contributed by atoms with Crippen LogP contribution in [0.15, 0.2) is 18.2 Å². The molecule has 0 bridgehead atoms. The molecule has 3 N–H and O–H groups in total. The van der Waals surface area contributed by atoms with Gasteiger partial charge in [0.2, 0.25) is 11.8 Å². The number of nitriles is 1. The summed E-state index contributed by atoms with van der Waals surface area (Å²) in [5.74, 6) is -0.677. The largest absolute Gasteiger partial charge is 0.495 e. The number of rotatable bonds is 10. The van der Waals surface area contributed by atoms with Crippen LogP contribution in [-0.2, 0) is 19.1 Å². The molecular weight excluding hydrogens is 654 g/mol. The van der Waals surface area contributed by atoms with Gasteiger partial charge in [0.25, 0.3) is 0 Å². The molecule has 0 unspecified atom stereocenters. The molecule has 1 saturated heterocycles. The number of amides is 3. The van der Waals surface area contributed by atoms with Gasteiger partial charge in [-0.15, -0.1) is 0 Å². The molecule has 13 nitrogen and oxygen atoms in total. The lowest BCUT2D eigenvalue weighted by molar-refractivity contribution is -0.146. The number of ether oxygens (including phenoxy) is 3. The van der Waals surface area contributed by atoms with Gasteiger partial charge in [0.15, 0.2) is 0 Å². The number of fused-ring (bicyclic) bond motifs is 2. The van der Waals surface area contributed by atoms with Gasteiger partial charge in [-0.25, -0.2) is 14.6 Å². The minimum Gasteiger partial charge on any atom is -0.495 e. The summed E-state index contributed by atoms with van der Waals surface area (Å²) in [5.41, 5.74) is -1.87. The molecule has 1 aromatic heterocycles. The highest BCUT2D eigenvalue weighted by molar-refractivity contribution is 6.36. The second-order valence-electron chi connectivity index (χ2n) is 14.9. The predicted molar refractivity (Wildman–Crippen MR) is 177 cm³/mol. The molecule has 14 heteroatoms. The number of alkyl carbamates (subject to hydrolysis) is 1. The Kier molecular flexibility index (Phi) is 9.07. The molecule has 262 valence electrons. The van der Waals surface area contributed by atoms with Gasteiger partial charge in [-0.05, 0) is 61.0 Å². The molecule has 6 rings (SSSR count). The van der Waals surface area contributed by atoms with Crippen molar-refractivity contribution in [3.8, 4) is 17.6 Å². The fourth-order valence-corrected chi connectivity index (χ4v) is 7.83. The van der Waals surface area contributed by atoms with Crippen molar-refractivity contribution in [2.75, 3.05) is 13.7 Å². The van der Waals surface area contributed by atoms with E-state index in [1.165, 1.54) is 24.5 Å². The lowest BCUT2D eigenvalue weighted by atomic mass is 9.85. The van der Waals surface area contributed by atoms with E-state index >= 15 is 0 Å². The molecule has 2 heterocycles. The van der Waals surface area contributed by atoms with Gasteiger partial charge in [0, 0.05) is 17.9 Å². The number of carbonyl (C=O) groups excluding carboxylic acids is 3. The average molecular weight is 696 g/mol. The second kappa shape index (κ2) is 12.9. The maximum Gasteiger partial charge on any atom is 0.408 e. The molecular formula is C35H42ClN5O8. The first-order valence-corrected chi connectivity index (χ1v) is 17.1. The smallest absolute Gasteiger partial charge is 0.408 e. The van der Waals surface area contributed by atoms with E-state index in [-0.39, 0.29) is 53.4 Å². The lowest BCUT2D eigenvalue weighted by Crippen LogP contribution is -2.59. The van der Waals surface area contributed by atoms with Crippen molar-refractivity contribution in [2.45, 2.75) is 96.1 Å². The van der Waals surface area contributed by atoms with Gasteiger partial charge in [-0.3, -0.25) is 9.59 Å². The summed E-state index contributed by atoms with van der Waals surface area (Å²) in [6.07, 6.45) is 2.04. The van der Waals surface area contributed by atoms with Crippen molar-refractivity contribution in [3.05, 3.63) is 28.9 Å². The highest BCUT2D eigenvalue weighted by Crippen LogP contribution is 2.52. The van der Waals surface area contributed by atoms with Crippen LogP contribution < -0.4 is 20.1 Å². The summed E-state index contributed by atoms with van der Waals surface area (Å²) >= 11 is 6.54. The first kappa shape index (κ1) is 34.5. The highest BCUT2D eigenvalue weighted by Gasteiger charge is 2.61. The maximum atomic E-state index is 14.4. The van der Waals surface area contributed by atoms with Crippen LogP contribution in [0.2, 0.25) is 5.02 Å². The first-order chi connectivity index (χ1) is 23.2. The van der Waals surface area contributed by atoms with Crippen LogP contribution in [0.3, 0.4) is 0 Å². The molecule has 3 amide bonds. The van der Waals surface area contributed by atoms with Crippen molar-refractivity contribution < 1.29 is 38.5 Å². The molecule has 4 aliphatic rings. The third kappa shape index (κ3) is 6.67. The van der Waals surface area contributed by atoms with E-state index in [2.05, 4.69) is 15.6 Å². The summed E-state index contributed by atoms with van der Waals surface area (Å²) in [5, 5.41) is 25.9. The summed E-state index contributed by atoms with van der Waals surface area (Å²) in [6, 6.07) is 4.63. The van der Waals surface area contributed by atoms with E-state index in [0.717, 1.165) is 12.8 Å². The number of nitrogens with one attached hydrogen (secondary N) is 2. The number of likely N-dealkylation sites (tertiary alicyclic amines) is 1. The lowest BCUT2D eigenvalue weighted by Gasteiger charge is -2.35. The zero-order chi connectivity index (χ0) is 35.4. The summed E-state index contributed by atoms with van der Waals surface area (Å²) in [4.78, 5) is 59.4. The van der Waals surface area contributed by atoms with Crippen LogP contribution in [0.5, 0.6) is 11.5 Å². The van der Waals surface area contributed by atoms with Crippen LogP contribution in [0.1, 0.15) is 71.9 Å². The molecule has 3 saturated carbocycles. The zero-order valence-electron chi connectivity index (χ0n) is 28.2. The topological polar surface area (TPSA) is 180 Å². The average Bonchev–Trinajstić information content (AvgIpc) is 3.86. The Morgan fingerprint density at radius 3 is 2.45 bits per heavy atom. The molecule has 2 aromatic rings. The number of hydrogen-bond acceptors (Lipinski definition) is 9. The Morgan fingerprint density at radius 2 is 1.86 bits per heavy atom. The van der Waals surface area contributed by atoms with Gasteiger partial charge in [0.05, 0.1) is 19.2 Å². The van der Waals surface area contributed by atoms with Crippen LogP contribution in [0.25, 0.3) is 10.9 Å². The van der Waals surface area contributed by atoms with Crippen molar-refractivity contribution in [2.24, 2.45) is 23.2 Å². The molecule has 49 heavy (non-hydrogen) atoms. The fraction of sp³-hybridized carbons (Fsp3) is 0.600.